The van der Waals surface area contributed by atoms with Crippen molar-refractivity contribution in [3.05, 3.63) is 54.1 Å². The first-order valence-electron chi connectivity index (χ1n) is 8.95. The van der Waals surface area contributed by atoms with E-state index in [0.717, 1.165) is 6.42 Å². The molecule has 2 N–H and O–H groups in total. The van der Waals surface area contributed by atoms with Gasteiger partial charge >= 0.3 is 0 Å². The Morgan fingerprint density at radius 3 is 2.48 bits per heavy atom. The fraction of sp³-hybridized carbons (Fsp3) is 0.333. The van der Waals surface area contributed by atoms with Crippen molar-refractivity contribution in [1.82, 2.24) is 0 Å². The molecular formula is C21H26N2O4. The van der Waals surface area contributed by atoms with Crippen LogP contribution in [0.3, 0.4) is 0 Å². The Morgan fingerprint density at radius 2 is 1.78 bits per heavy atom. The molecule has 27 heavy (non-hydrogen) atoms. The lowest BCUT2D eigenvalue weighted by Gasteiger charge is -2.12. The van der Waals surface area contributed by atoms with Crippen LogP contribution in [-0.4, -0.2) is 32.1 Å². The van der Waals surface area contributed by atoms with Gasteiger partial charge < -0.3 is 20.1 Å². The topological polar surface area (TPSA) is 76.7 Å². The molecule has 144 valence electrons. The fourth-order valence-electron chi connectivity index (χ4n) is 2.57. The lowest BCUT2D eigenvalue weighted by molar-refractivity contribution is -0.116. The number of benzene rings is 2. The van der Waals surface area contributed by atoms with E-state index < -0.39 is 0 Å². The van der Waals surface area contributed by atoms with Crippen LogP contribution in [0.1, 0.15) is 25.3 Å². The highest BCUT2D eigenvalue weighted by Gasteiger charge is 2.08. The van der Waals surface area contributed by atoms with E-state index in [4.69, 9.17) is 9.47 Å². The summed E-state index contributed by atoms with van der Waals surface area (Å²) in [4.78, 5) is 23.3. The van der Waals surface area contributed by atoms with Gasteiger partial charge in [0.25, 0.3) is 0 Å². The first-order valence-corrected chi connectivity index (χ1v) is 8.95. The predicted octanol–water partition coefficient (Wildman–Crippen LogP) is 3.63. The second-order valence-electron chi connectivity index (χ2n) is 6.10. The van der Waals surface area contributed by atoms with E-state index in [1.807, 2.05) is 18.2 Å². The van der Waals surface area contributed by atoms with Gasteiger partial charge in [-0.1, -0.05) is 30.3 Å². The molecule has 6 heteroatoms. The van der Waals surface area contributed by atoms with Crippen LogP contribution in [-0.2, 0) is 20.7 Å². The molecule has 0 spiro atoms. The number of methoxy groups -OCH3 is 1. The highest BCUT2D eigenvalue weighted by molar-refractivity contribution is 5.94. The molecule has 2 aromatic carbocycles. The zero-order valence-electron chi connectivity index (χ0n) is 15.8. The van der Waals surface area contributed by atoms with Crippen molar-refractivity contribution in [3.8, 4) is 5.75 Å². The van der Waals surface area contributed by atoms with Crippen molar-refractivity contribution >= 4 is 23.2 Å². The minimum absolute atomic E-state index is 0.0967. The van der Waals surface area contributed by atoms with Crippen molar-refractivity contribution in [1.29, 1.82) is 0 Å². The number of ether oxygens (including phenoxy) is 2. The van der Waals surface area contributed by atoms with E-state index in [0.29, 0.717) is 43.2 Å². The summed E-state index contributed by atoms with van der Waals surface area (Å²) < 4.78 is 10.8. The standard InChI is InChI=1S/C21H26N2O4/c1-16(24)22-19-15-18(10-11-20(19)26-2)23-21(25)9-6-13-27-14-12-17-7-4-3-5-8-17/h3-5,7-8,10-11,15H,6,9,12-14H2,1-2H3,(H,22,24)(H,23,25). The van der Waals surface area contributed by atoms with Crippen LogP contribution in [0.5, 0.6) is 5.75 Å². The molecule has 2 aromatic rings. The third kappa shape index (κ3) is 7.50. The van der Waals surface area contributed by atoms with E-state index in [1.165, 1.54) is 19.6 Å². The zero-order chi connectivity index (χ0) is 19.5. The molecule has 0 bridgehead atoms. The zero-order valence-corrected chi connectivity index (χ0v) is 15.8. The Hall–Kier alpha value is -2.86. The van der Waals surface area contributed by atoms with E-state index >= 15 is 0 Å². The van der Waals surface area contributed by atoms with Crippen LogP contribution < -0.4 is 15.4 Å². The normalized spacial score (nSPS) is 10.3. The fourth-order valence-corrected chi connectivity index (χ4v) is 2.57. The van der Waals surface area contributed by atoms with Crippen molar-refractivity contribution in [2.75, 3.05) is 31.0 Å². The maximum Gasteiger partial charge on any atom is 0.224 e. The molecule has 0 aliphatic rings. The summed E-state index contributed by atoms with van der Waals surface area (Å²) in [5, 5.41) is 5.50. The van der Waals surface area contributed by atoms with Gasteiger partial charge in [0, 0.05) is 25.6 Å². The molecule has 0 aliphatic carbocycles. The average Bonchev–Trinajstić information content (AvgIpc) is 2.65. The summed E-state index contributed by atoms with van der Waals surface area (Å²) in [6.45, 7) is 2.60. The molecule has 0 heterocycles. The minimum atomic E-state index is -0.204. The van der Waals surface area contributed by atoms with Gasteiger partial charge in [-0.3, -0.25) is 9.59 Å². The highest BCUT2D eigenvalue weighted by Crippen LogP contribution is 2.27. The summed E-state index contributed by atoms with van der Waals surface area (Å²) in [6.07, 6.45) is 1.88. The molecule has 0 atom stereocenters. The number of carbonyl (C=O) groups is 2. The molecule has 0 fully saturated rings. The first-order chi connectivity index (χ1) is 13.1. The number of carbonyl (C=O) groups excluding carboxylic acids is 2. The number of nitrogens with one attached hydrogen (secondary N) is 2. The van der Waals surface area contributed by atoms with Crippen LogP contribution >= 0.6 is 0 Å². The number of hydrogen-bond donors (Lipinski definition) is 2. The minimum Gasteiger partial charge on any atom is -0.495 e. The van der Waals surface area contributed by atoms with Crippen molar-refractivity contribution in [2.45, 2.75) is 26.2 Å². The smallest absolute Gasteiger partial charge is 0.224 e. The maximum absolute atomic E-state index is 12.1. The molecule has 2 rings (SSSR count). The number of hydrogen-bond acceptors (Lipinski definition) is 4. The molecule has 2 amide bonds. The van der Waals surface area contributed by atoms with Crippen molar-refractivity contribution in [2.24, 2.45) is 0 Å². The van der Waals surface area contributed by atoms with Gasteiger partial charge in [0.2, 0.25) is 11.8 Å². The van der Waals surface area contributed by atoms with E-state index in [1.54, 1.807) is 18.2 Å². The quantitative estimate of drug-likeness (QED) is 0.626. The molecule has 0 radical (unpaired) electrons. The van der Waals surface area contributed by atoms with Gasteiger partial charge in [0.15, 0.2) is 0 Å². The largest absolute Gasteiger partial charge is 0.495 e. The van der Waals surface area contributed by atoms with Crippen LogP contribution in [0.15, 0.2) is 48.5 Å². The van der Waals surface area contributed by atoms with Gasteiger partial charge in [0.05, 0.1) is 19.4 Å². The van der Waals surface area contributed by atoms with E-state index in [2.05, 4.69) is 22.8 Å². The summed E-state index contributed by atoms with van der Waals surface area (Å²) >= 11 is 0. The van der Waals surface area contributed by atoms with Gasteiger partial charge in [-0.2, -0.15) is 0 Å². The van der Waals surface area contributed by atoms with E-state index in [9.17, 15) is 9.59 Å². The summed E-state index contributed by atoms with van der Waals surface area (Å²) in [5.74, 6) is 0.236. The summed E-state index contributed by atoms with van der Waals surface area (Å²) in [6, 6.07) is 15.3. The molecule has 6 nitrogen and oxygen atoms in total. The molecule has 0 saturated carbocycles. The SMILES string of the molecule is COc1ccc(NC(=O)CCCOCCc2ccccc2)cc1NC(C)=O. The summed E-state index contributed by atoms with van der Waals surface area (Å²) in [5.41, 5.74) is 2.37. The Morgan fingerprint density at radius 1 is 1.00 bits per heavy atom. The van der Waals surface area contributed by atoms with E-state index in [-0.39, 0.29) is 11.8 Å². The summed E-state index contributed by atoms with van der Waals surface area (Å²) in [7, 11) is 1.52. The van der Waals surface area contributed by atoms with Gasteiger partial charge in [-0.05, 0) is 36.6 Å². The Kier molecular flexibility index (Phi) is 8.32. The molecule has 0 saturated heterocycles. The van der Waals surface area contributed by atoms with Gasteiger partial charge in [-0.15, -0.1) is 0 Å². The van der Waals surface area contributed by atoms with Gasteiger partial charge in [-0.25, -0.2) is 0 Å². The monoisotopic (exact) mass is 370 g/mol. The second-order valence-corrected chi connectivity index (χ2v) is 6.10. The number of anilines is 2. The Bertz CT molecular complexity index is 747. The molecule has 0 aromatic heterocycles. The molecule has 0 unspecified atom stereocenters. The van der Waals surface area contributed by atoms with Gasteiger partial charge in [0.1, 0.15) is 5.75 Å². The van der Waals surface area contributed by atoms with Crippen LogP contribution in [0.2, 0.25) is 0 Å². The Labute approximate surface area is 159 Å². The second kappa shape index (κ2) is 11.0. The molecular weight excluding hydrogens is 344 g/mol. The van der Waals surface area contributed by atoms with Crippen molar-refractivity contribution in [3.63, 3.8) is 0 Å². The molecule has 0 aliphatic heterocycles. The maximum atomic E-state index is 12.1. The third-order valence-corrected chi connectivity index (χ3v) is 3.86. The highest BCUT2D eigenvalue weighted by atomic mass is 16.5. The average molecular weight is 370 g/mol. The van der Waals surface area contributed by atoms with Crippen molar-refractivity contribution < 1.29 is 19.1 Å². The lowest BCUT2D eigenvalue weighted by Crippen LogP contribution is -2.13. The first kappa shape index (κ1) is 20.5. The predicted molar refractivity (Wildman–Crippen MR) is 106 cm³/mol. The Balaban J connectivity index is 1.70. The van der Waals surface area contributed by atoms with Crippen LogP contribution in [0.4, 0.5) is 11.4 Å². The van der Waals surface area contributed by atoms with Crippen LogP contribution in [0, 0.1) is 0 Å². The number of amides is 2. The van der Waals surface area contributed by atoms with Crippen LogP contribution in [0.25, 0.3) is 0 Å². The third-order valence-electron chi connectivity index (χ3n) is 3.86. The lowest BCUT2D eigenvalue weighted by atomic mass is 10.2. The number of rotatable bonds is 10.